The van der Waals surface area contributed by atoms with Gasteiger partial charge in [0.05, 0.1) is 24.3 Å². The first-order chi connectivity index (χ1) is 14.0. The highest BCUT2D eigenvalue weighted by Gasteiger charge is 2.17. The Hall–Kier alpha value is -2.97. The van der Waals surface area contributed by atoms with E-state index in [1.54, 1.807) is 12.5 Å². The lowest BCUT2D eigenvalue weighted by Gasteiger charge is -2.20. The van der Waals surface area contributed by atoms with E-state index >= 15 is 0 Å². The highest BCUT2D eigenvalue weighted by atomic mass is 35.5. The minimum absolute atomic E-state index is 0.137. The van der Waals surface area contributed by atoms with Crippen LogP contribution in [0.1, 0.15) is 18.0 Å². The summed E-state index contributed by atoms with van der Waals surface area (Å²) in [5, 5.41) is 8.07. The molecular weight excluding hydrogens is 388 g/mol. The zero-order chi connectivity index (χ0) is 20.4. The van der Waals surface area contributed by atoms with Gasteiger partial charge in [-0.05, 0) is 44.2 Å². The maximum Gasteiger partial charge on any atom is 0.226 e. The summed E-state index contributed by atoms with van der Waals surface area (Å²) in [5.74, 6) is 0.560. The molecule has 0 fully saturated rings. The van der Waals surface area contributed by atoms with Crippen molar-refractivity contribution < 1.29 is 0 Å². The number of rotatable bonds is 7. The molecule has 3 aromatic heterocycles. The van der Waals surface area contributed by atoms with Crippen LogP contribution in [0.2, 0.25) is 5.28 Å². The van der Waals surface area contributed by atoms with Crippen LogP contribution >= 0.6 is 11.6 Å². The summed E-state index contributed by atoms with van der Waals surface area (Å²) in [6, 6.07) is 10.5. The van der Waals surface area contributed by atoms with Crippen LogP contribution in [0.25, 0.3) is 11.2 Å². The van der Waals surface area contributed by atoms with E-state index in [2.05, 4.69) is 68.6 Å². The Labute approximate surface area is 174 Å². The molecule has 4 aromatic rings. The van der Waals surface area contributed by atoms with E-state index in [1.165, 1.54) is 5.56 Å². The number of hydrogen-bond donors (Lipinski definition) is 1. The molecule has 0 bridgehead atoms. The van der Waals surface area contributed by atoms with E-state index in [0.717, 1.165) is 18.7 Å². The summed E-state index contributed by atoms with van der Waals surface area (Å²) >= 11 is 6.10. The number of hydrogen-bond acceptors (Lipinski definition) is 6. The fourth-order valence-corrected chi connectivity index (χ4v) is 3.45. The number of halogens is 1. The van der Waals surface area contributed by atoms with Gasteiger partial charge in [0.2, 0.25) is 5.28 Å². The number of aryl methyl sites for hydroxylation is 1. The highest BCUT2D eigenvalue weighted by molar-refractivity contribution is 6.28. The maximum absolute atomic E-state index is 6.10. The second-order valence-corrected chi connectivity index (χ2v) is 7.56. The van der Waals surface area contributed by atoms with Gasteiger partial charge in [-0.25, -0.2) is 4.98 Å². The average molecular weight is 411 g/mol. The van der Waals surface area contributed by atoms with Gasteiger partial charge in [-0.2, -0.15) is 15.1 Å². The number of aromatic nitrogens is 6. The second kappa shape index (κ2) is 8.18. The minimum atomic E-state index is 0.137. The summed E-state index contributed by atoms with van der Waals surface area (Å²) in [6.07, 6.45) is 6.41. The third-order valence-electron chi connectivity index (χ3n) is 4.75. The Morgan fingerprint density at radius 3 is 2.72 bits per heavy atom. The molecule has 8 nitrogen and oxygen atoms in total. The predicted octanol–water partition coefficient (Wildman–Crippen LogP) is 3.50. The van der Waals surface area contributed by atoms with E-state index in [0.29, 0.717) is 17.0 Å². The van der Waals surface area contributed by atoms with Gasteiger partial charge in [0, 0.05) is 13.2 Å². The van der Waals surface area contributed by atoms with Gasteiger partial charge in [-0.1, -0.05) is 30.3 Å². The van der Waals surface area contributed by atoms with Crippen molar-refractivity contribution >= 4 is 34.3 Å². The molecule has 3 heterocycles. The first-order valence-corrected chi connectivity index (χ1v) is 9.74. The molecule has 0 saturated heterocycles. The van der Waals surface area contributed by atoms with E-state index in [9.17, 15) is 0 Å². The number of anilines is 2. The molecule has 0 radical (unpaired) electrons. The number of nitrogens with one attached hydrogen (secondary N) is 1. The fraction of sp³-hybridized carbons (Fsp3) is 0.300. The van der Waals surface area contributed by atoms with Crippen molar-refractivity contribution in [3.63, 3.8) is 0 Å². The molecule has 1 aromatic carbocycles. The van der Waals surface area contributed by atoms with Crippen LogP contribution < -0.4 is 5.32 Å². The summed E-state index contributed by atoms with van der Waals surface area (Å²) in [6.45, 7) is 0.957. The first kappa shape index (κ1) is 19.4. The second-order valence-electron chi connectivity index (χ2n) is 7.22. The maximum atomic E-state index is 6.10. The lowest BCUT2D eigenvalue weighted by molar-refractivity contribution is 0.357. The van der Waals surface area contributed by atoms with Gasteiger partial charge >= 0.3 is 0 Å². The quantitative estimate of drug-likeness (QED) is 0.470. The molecule has 4 rings (SSSR count). The van der Waals surface area contributed by atoms with Crippen LogP contribution in [0.15, 0.2) is 49.1 Å². The number of nitrogens with zero attached hydrogens (tertiary/aromatic N) is 7. The lowest BCUT2D eigenvalue weighted by atomic mass is 10.0. The molecule has 0 aliphatic heterocycles. The number of imidazole rings is 1. The van der Waals surface area contributed by atoms with Crippen molar-refractivity contribution in [2.45, 2.75) is 12.5 Å². The summed E-state index contributed by atoms with van der Waals surface area (Å²) in [7, 11) is 6.03. The third kappa shape index (κ3) is 4.23. The van der Waals surface area contributed by atoms with Crippen LogP contribution in [-0.2, 0) is 7.05 Å². The van der Waals surface area contributed by atoms with Gasteiger partial charge in [0.25, 0.3) is 0 Å². The molecule has 0 amide bonds. The Balaban J connectivity index is 1.63. The van der Waals surface area contributed by atoms with E-state index in [1.807, 2.05) is 28.6 Å². The smallest absolute Gasteiger partial charge is 0.226 e. The Kier molecular flexibility index (Phi) is 5.46. The van der Waals surface area contributed by atoms with E-state index < -0.39 is 0 Å². The molecule has 0 aliphatic rings. The van der Waals surface area contributed by atoms with Crippen LogP contribution in [0.5, 0.6) is 0 Å². The van der Waals surface area contributed by atoms with Gasteiger partial charge in [0.15, 0.2) is 17.0 Å². The van der Waals surface area contributed by atoms with E-state index in [-0.39, 0.29) is 11.3 Å². The fourth-order valence-electron chi connectivity index (χ4n) is 3.28. The first-order valence-electron chi connectivity index (χ1n) is 9.36. The van der Waals surface area contributed by atoms with Gasteiger partial charge in [0.1, 0.15) is 0 Å². The Bertz CT molecular complexity index is 1100. The van der Waals surface area contributed by atoms with Gasteiger partial charge in [-0.3, -0.25) is 4.68 Å². The van der Waals surface area contributed by atoms with Crippen LogP contribution in [0.3, 0.4) is 0 Å². The van der Waals surface area contributed by atoms with Crippen molar-refractivity contribution in [3.8, 4) is 0 Å². The summed E-state index contributed by atoms with van der Waals surface area (Å²) in [5.41, 5.74) is 3.38. The standard InChI is InChI=1S/C20H23ClN8/c1-27(2)10-9-16(14-7-5-4-6-8-14)29-12-15(11-23-29)24-18-17-19(26-20(21)25-18)28(3)13-22-17/h4-8,11-13,16H,9-10H2,1-3H3,(H,24,25,26). The SMILES string of the molecule is CN(C)CCC(c1ccccc1)n1cc(Nc2nc(Cl)nc3c2ncn3C)cn1. The predicted molar refractivity (Wildman–Crippen MR) is 115 cm³/mol. The van der Waals surface area contributed by atoms with Crippen molar-refractivity contribution in [1.82, 2.24) is 34.2 Å². The highest BCUT2D eigenvalue weighted by Crippen LogP contribution is 2.26. The molecular formula is C20H23ClN8. The molecule has 1 N–H and O–H groups in total. The number of benzene rings is 1. The van der Waals surface area contributed by atoms with Crippen molar-refractivity contribution in [2.75, 3.05) is 26.0 Å². The molecule has 0 aliphatic carbocycles. The third-order valence-corrected chi connectivity index (χ3v) is 4.92. The Morgan fingerprint density at radius 1 is 1.17 bits per heavy atom. The van der Waals surface area contributed by atoms with Crippen molar-refractivity contribution in [3.05, 3.63) is 59.9 Å². The van der Waals surface area contributed by atoms with Crippen LogP contribution in [0, 0.1) is 0 Å². The normalized spacial score (nSPS) is 12.6. The van der Waals surface area contributed by atoms with Gasteiger partial charge in [-0.15, -0.1) is 0 Å². The van der Waals surface area contributed by atoms with Gasteiger partial charge < -0.3 is 14.8 Å². The largest absolute Gasteiger partial charge is 0.336 e. The zero-order valence-corrected chi connectivity index (χ0v) is 17.4. The lowest BCUT2D eigenvalue weighted by Crippen LogP contribution is -2.20. The average Bonchev–Trinajstić information content (AvgIpc) is 3.30. The van der Waals surface area contributed by atoms with Crippen LogP contribution in [-0.4, -0.2) is 54.8 Å². The molecule has 150 valence electrons. The summed E-state index contributed by atoms with van der Waals surface area (Å²) in [4.78, 5) is 15.1. The Morgan fingerprint density at radius 2 is 1.97 bits per heavy atom. The van der Waals surface area contributed by atoms with E-state index in [4.69, 9.17) is 11.6 Å². The molecule has 1 atom stereocenters. The zero-order valence-electron chi connectivity index (χ0n) is 16.6. The minimum Gasteiger partial charge on any atom is -0.336 e. The summed E-state index contributed by atoms with van der Waals surface area (Å²) < 4.78 is 3.80. The molecule has 9 heteroatoms. The van der Waals surface area contributed by atoms with Crippen molar-refractivity contribution in [2.24, 2.45) is 7.05 Å². The van der Waals surface area contributed by atoms with Crippen LogP contribution in [0.4, 0.5) is 11.5 Å². The molecule has 1 unspecified atom stereocenters. The number of fused-ring (bicyclic) bond motifs is 1. The monoisotopic (exact) mass is 410 g/mol. The van der Waals surface area contributed by atoms with Crippen molar-refractivity contribution in [1.29, 1.82) is 0 Å². The molecule has 29 heavy (non-hydrogen) atoms. The molecule has 0 saturated carbocycles. The topological polar surface area (TPSA) is 76.7 Å². The molecule has 0 spiro atoms.